The van der Waals surface area contributed by atoms with Gasteiger partial charge in [-0.25, -0.2) is 4.79 Å². The van der Waals surface area contributed by atoms with Gasteiger partial charge in [0.2, 0.25) is 5.91 Å². The maximum Gasteiger partial charge on any atom is 0.340 e. The van der Waals surface area contributed by atoms with E-state index in [9.17, 15) is 19.5 Å². The van der Waals surface area contributed by atoms with Gasteiger partial charge in [0.05, 0.1) is 19.1 Å². The fourth-order valence-electron chi connectivity index (χ4n) is 3.55. The van der Waals surface area contributed by atoms with Crippen LogP contribution in [0.5, 0.6) is 11.5 Å². The number of carboxylic acid groups (broad SMARTS) is 1. The Morgan fingerprint density at radius 1 is 1.23 bits per heavy atom. The van der Waals surface area contributed by atoms with Crippen molar-refractivity contribution in [1.82, 2.24) is 10.4 Å². The van der Waals surface area contributed by atoms with Crippen molar-refractivity contribution in [2.45, 2.75) is 32.1 Å². The number of nitrogens with one attached hydrogen (secondary N) is 1. The number of carboxylic acids is 1. The van der Waals surface area contributed by atoms with E-state index in [0.717, 1.165) is 48.9 Å². The van der Waals surface area contributed by atoms with Gasteiger partial charge in [-0.05, 0) is 42.8 Å². The molecule has 30 heavy (non-hydrogen) atoms. The zero-order valence-electron chi connectivity index (χ0n) is 16.6. The van der Waals surface area contributed by atoms with Gasteiger partial charge in [-0.2, -0.15) is 5.01 Å². The van der Waals surface area contributed by atoms with Crippen LogP contribution in [0.1, 0.15) is 48.0 Å². The molecule has 0 bridgehead atoms. The highest BCUT2D eigenvalue weighted by Gasteiger charge is 2.35. The molecule has 1 heterocycles. The van der Waals surface area contributed by atoms with Gasteiger partial charge in [0.15, 0.2) is 15.8 Å². The van der Waals surface area contributed by atoms with Gasteiger partial charge in [-0.15, -0.1) is 0 Å². The molecule has 2 N–H and O–H groups in total. The van der Waals surface area contributed by atoms with E-state index >= 15 is 0 Å². The van der Waals surface area contributed by atoms with E-state index in [1.54, 1.807) is 6.07 Å². The van der Waals surface area contributed by atoms with Crippen molar-refractivity contribution < 1.29 is 29.0 Å². The normalized spacial score (nSPS) is 18.6. The molecule has 3 rings (SSSR count). The first-order valence-corrected chi connectivity index (χ1v) is 10.7. The van der Waals surface area contributed by atoms with E-state index < -0.39 is 11.9 Å². The van der Waals surface area contributed by atoms with Crippen LogP contribution in [0.3, 0.4) is 0 Å². The van der Waals surface area contributed by atoms with Crippen molar-refractivity contribution in [3.63, 3.8) is 0 Å². The van der Waals surface area contributed by atoms with Crippen LogP contribution in [-0.2, 0) is 9.59 Å². The topological polar surface area (TPSA) is 105 Å². The van der Waals surface area contributed by atoms with Gasteiger partial charge < -0.3 is 14.6 Å². The monoisotopic (exact) mass is 450 g/mol. The van der Waals surface area contributed by atoms with Crippen LogP contribution in [0.4, 0.5) is 0 Å². The number of amides is 2. The lowest BCUT2D eigenvalue weighted by atomic mass is 9.89. The van der Waals surface area contributed by atoms with Crippen LogP contribution in [0.2, 0.25) is 0 Å². The van der Waals surface area contributed by atoms with E-state index in [0.29, 0.717) is 0 Å². The highest BCUT2D eigenvalue weighted by molar-refractivity contribution is 8.26. The summed E-state index contributed by atoms with van der Waals surface area (Å²) in [6.07, 6.45) is 6.12. The Balaban J connectivity index is 1.86. The average molecular weight is 451 g/mol. The summed E-state index contributed by atoms with van der Waals surface area (Å²) in [5, 5.41) is 10.7. The minimum atomic E-state index is -1.22. The molecule has 1 aliphatic carbocycles. The molecule has 0 spiro atoms. The first-order valence-electron chi connectivity index (χ1n) is 9.44. The Bertz CT molecular complexity index is 924. The van der Waals surface area contributed by atoms with Crippen molar-refractivity contribution in [1.29, 1.82) is 0 Å². The molecule has 10 heteroatoms. The Hall–Kier alpha value is -2.59. The number of nitrogens with zero attached hydrogens (tertiary/aromatic N) is 1. The summed E-state index contributed by atoms with van der Waals surface area (Å²) >= 11 is 6.25. The summed E-state index contributed by atoms with van der Waals surface area (Å²) < 4.78 is 10.5. The van der Waals surface area contributed by atoms with Gasteiger partial charge in [0, 0.05) is 5.92 Å². The summed E-state index contributed by atoms with van der Waals surface area (Å²) in [7, 11) is 2.75. The number of thiocarbonyl (C=S) groups is 1. The van der Waals surface area contributed by atoms with Crippen molar-refractivity contribution in [3.8, 4) is 11.5 Å². The Kier molecular flexibility index (Phi) is 6.99. The number of carbonyl (C=O) groups excluding carboxylic acids is 2. The molecule has 2 amide bonds. The Labute approximate surface area is 183 Å². The second kappa shape index (κ2) is 9.48. The first kappa shape index (κ1) is 22.1. The maximum atomic E-state index is 12.8. The molecule has 1 saturated heterocycles. The van der Waals surface area contributed by atoms with E-state index in [4.69, 9.17) is 21.7 Å². The third-order valence-corrected chi connectivity index (χ3v) is 6.37. The SMILES string of the molecule is COc1ccc(/C=C2/SC(=S)N(NC(=O)C3CCCCC3)C2=O)c(C(=O)O)c1OC. The Morgan fingerprint density at radius 3 is 2.53 bits per heavy atom. The number of methoxy groups -OCH3 is 2. The maximum absolute atomic E-state index is 12.8. The number of benzene rings is 1. The number of thioether (sulfide) groups is 1. The van der Waals surface area contributed by atoms with Gasteiger partial charge in [0.25, 0.3) is 5.91 Å². The van der Waals surface area contributed by atoms with E-state index in [1.807, 2.05) is 0 Å². The van der Waals surface area contributed by atoms with Crippen molar-refractivity contribution in [3.05, 3.63) is 28.2 Å². The molecule has 2 fully saturated rings. The fourth-order valence-corrected chi connectivity index (χ4v) is 4.72. The molecule has 1 saturated carbocycles. The number of hydrogen-bond donors (Lipinski definition) is 2. The van der Waals surface area contributed by atoms with E-state index in [2.05, 4.69) is 5.43 Å². The number of carbonyl (C=O) groups is 3. The third-order valence-electron chi connectivity index (χ3n) is 5.07. The van der Waals surface area contributed by atoms with Gasteiger partial charge in [-0.1, -0.05) is 37.1 Å². The van der Waals surface area contributed by atoms with Gasteiger partial charge in [0.1, 0.15) is 5.56 Å². The zero-order chi connectivity index (χ0) is 21.8. The first-order chi connectivity index (χ1) is 14.4. The minimum absolute atomic E-state index is 0.0554. The van der Waals surface area contributed by atoms with Gasteiger partial charge in [-0.3, -0.25) is 15.0 Å². The third kappa shape index (κ3) is 4.44. The molecular formula is C20H22N2O6S2. The smallest absolute Gasteiger partial charge is 0.340 e. The molecule has 1 aliphatic heterocycles. The molecule has 8 nitrogen and oxygen atoms in total. The second-order valence-electron chi connectivity index (χ2n) is 6.90. The van der Waals surface area contributed by atoms with Crippen LogP contribution in [0.25, 0.3) is 6.08 Å². The highest BCUT2D eigenvalue weighted by Crippen LogP contribution is 2.37. The van der Waals surface area contributed by atoms with Crippen LogP contribution >= 0.6 is 24.0 Å². The number of hydrogen-bond acceptors (Lipinski definition) is 7. The lowest BCUT2D eigenvalue weighted by molar-refractivity contribution is -0.136. The summed E-state index contributed by atoms with van der Waals surface area (Å²) in [5.41, 5.74) is 2.76. The predicted octanol–water partition coefficient (Wildman–Crippen LogP) is 3.21. The van der Waals surface area contributed by atoms with Gasteiger partial charge >= 0.3 is 5.97 Å². The number of ether oxygens (including phenoxy) is 2. The molecule has 0 radical (unpaired) electrons. The lowest BCUT2D eigenvalue weighted by Gasteiger charge is -2.23. The molecule has 0 unspecified atom stereocenters. The molecule has 1 aromatic carbocycles. The summed E-state index contributed by atoms with van der Waals surface area (Å²) in [6.45, 7) is 0. The highest BCUT2D eigenvalue weighted by atomic mass is 32.2. The number of rotatable bonds is 6. The van der Waals surface area contributed by atoms with Crippen molar-refractivity contribution in [2.75, 3.05) is 14.2 Å². The number of hydrazine groups is 1. The Morgan fingerprint density at radius 2 is 1.93 bits per heavy atom. The van der Waals surface area contributed by atoms with Crippen molar-refractivity contribution >= 4 is 52.2 Å². The standard InChI is InChI=1S/C20H22N2O6S2/c1-27-13-9-8-12(15(19(25)26)16(13)28-2)10-14-18(24)22(20(29)30-14)21-17(23)11-6-4-3-5-7-11/h8-11H,3-7H2,1-2H3,(H,21,23)(H,25,26)/b14-10+. The molecule has 0 atom stereocenters. The number of aromatic carboxylic acids is 1. The van der Waals surface area contributed by atoms with E-state index in [-0.39, 0.29) is 43.7 Å². The average Bonchev–Trinajstić information content (AvgIpc) is 3.00. The van der Waals surface area contributed by atoms with Crippen LogP contribution in [0.15, 0.2) is 17.0 Å². The summed E-state index contributed by atoms with van der Waals surface area (Å²) in [6, 6.07) is 3.08. The van der Waals surface area contributed by atoms with Crippen molar-refractivity contribution in [2.24, 2.45) is 5.92 Å². The summed E-state index contributed by atoms with van der Waals surface area (Å²) in [4.78, 5) is 37.4. The van der Waals surface area contributed by atoms with E-state index in [1.165, 1.54) is 26.4 Å². The molecule has 160 valence electrons. The van der Waals surface area contributed by atoms with Crippen LogP contribution in [-0.4, -0.2) is 46.4 Å². The minimum Gasteiger partial charge on any atom is -0.493 e. The quantitative estimate of drug-likeness (QED) is 0.503. The fraction of sp³-hybridized carbons (Fsp3) is 0.400. The predicted molar refractivity (Wildman–Crippen MR) is 116 cm³/mol. The lowest BCUT2D eigenvalue weighted by Crippen LogP contribution is -2.47. The molecule has 0 aromatic heterocycles. The van der Waals surface area contributed by atoms with Crippen LogP contribution in [0, 0.1) is 5.92 Å². The van der Waals surface area contributed by atoms with Crippen LogP contribution < -0.4 is 14.9 Å². The largest absolute Gasteiger partial charge is 0.493 e. The molecular weight excluding hydrogens is 428 g/mol. The zero-order valence-corrected chi connectivity index (χ0v) is 18.2. The molecule has 2 aliphatic rings. The second-order valence-corrected chi connectivity index (χ2v) is 8.57. The summed E-state index contributed by atoms with van der Waals surface area (Å²) in [5.74, 6) is -1.75. The molecule has 1 aromatic rings.